The number of nitrogens with zero attached hydrogens (tertiary/aromatic N) is 1. The van der Waals surface area contributed by atoms with Crippen LogP contribution in [0, 0.1) is 24.2 Å². The van der Waals surface area contributed by atoms with Gasteiger partial charge in [-0.2, -0.15) is 0 Å². The zero-order valence-corrected chi connectivity index (χ0v) is 25.2. The van der Waals surface area contributed by atoms with E-state index in [2.05, 4.69) is 75.1 Å². The van der Waals surface area contributed by atoms with E-state index in [1.54, 1.807) is 0 Å². The van der Waals surface area contributed by atoms with Gasteiger partial charge in [-0.25, -0.2) is 0 Å². The maximum absolute atomic E-state index is 12.6. The summed E-state index contributed by atoms with van der Waals surface area (Å²) in [5.41, 5.74) is 6.03. The summed E-state index contributed by atoms with van der Waals surface area (Å²) in [7, 11) is -2.05. The Labute approximate surface area is 226 Å². The molecule has 2 aliphatic rings. The molecule has 1 aliphatic heterocycles. The van der Waals surface area contributed by atoms with Crippen molar-refractivity contribution in [1.82, 2.24) is 0 Å². The second-order valence-electron chi connectivity index (χ2n) is 13.6. The summed E-state index contributed by atoms with van der Waals surface area (Å²) in [6.07, 6.45) is 9.39. The quantitative estimate of drug-likeness (QED) is 0.276. The summed E-state index contributed by atoms with van der Waals surface area (Å²) in [5.74, 6) is 2.69. The molecule has 0 unspecified atom stereocenters. The topological polar surface area (TPSA) is 29.5 Å². The molecule has 0 amide bonds. The summed E-state index contributed by atoms with van der Waals surface area (Å²) in [5, 5.41) is 0. The van der Waals surface area contributed by atoms with Crippen LogP contribution in [0.25, 0.3) is 0 Å². The third kappa shape index (κ3) is 8.91. The molecular formula is C33H50NO2P. The van der Waals surface area contributed by atoms with E-state index in [9.17, 15) is 4.57 Å². The van der Waals surface area contributed by atoms with E-state index in [0.717, 1.165) is 31.6 Å². The van der Waals surface area contributed by atoms with Crippen LogP contribution in [0.3, 0.4) is 0 Å². The largest absolute Gasteiger partial charge is 0.493 e. The monoisotopic (exact) mass is 523 g/mol. The van der Waals surface area contributed by atoms with Crippen LogP contribution in [0.1, 0.15) is 81.9 Å². The number of ether oxygens (including phenoxy) is 1. The van der Waals surface area contributed by atoms with Gasteiger partial charge >= 0.3 is 0 Å². The lowest BCUT2D eigenvalue weighted by atomic mass is 9.88. The predicted molar refractivity (Wildman–Crippen MR) is 160 cm³/mol. The van der Waals surface area contributed by atoms with Crippen molar-refractivity contribution in [2.24, 2.45) is 17.3 Å². The molecule has 0 spiro atoms. The molecule has 2 aromatic rings. The maximum atomic E-state index is 12.6. The van der Waals surface area contributed by atoms with E-state index < -0.39 is 7.14 Å². The van der Waals surface area contributed by atoms with Gasteiger partial charge in [-0.05, 0) is 123 Å². The SMILES string of the molecule is Cc1ccc(CCCC(C)(C)C)c(N2CCC(COc3cccc([C@@H](CP(C)(C)=O)C4CC4)c3)CC2)c1. The highest BCUT2D eigenvalue weighted by Gasteiger charge is 2.35. The molecule has 1 saturated heterocycles. The van der Waals surface area contributed by atoms with Crippen molar-refractivity contribution >= 4 is 12.8 Å². The van der Waals surface area contributed by atoms with Crippen molar-refractivity contribution in [2.45, 2.75) is 78.6 Å². The predicted octanol–water partition coefficient (Wildman–Crippen LogP) is 8.78. The molecule has 37 heavy (non-hydrogen) atoms. The van der Waals surface area contributed by atoms with E-state index in [4.69, 9.17) is 4.74 Å². The van der Waals surface area contributed by atoms with Gasteiger partial charge in [0, 0.05) is 24.9 Å². The number of hydrogen-bond donors (Lipinski definition) is 0. The molecule has 1 aliphatic carbocycles. The number of hydrogen-bond acceptors (Lipinski definition) is 3. The third-order valence-corrected chi connectivity index (χ3v) is 9.44. The van der Waals surface area contributed by atoms with E-state index in [-0.39, 0.29) is 0 Å². The Bertz CT molecular complexity index is 1070. The van der Waals surface area contributed by atoms with Crippen LogP contribution in [-0.2, 0) is 11.0 Å². The minimum absolute atomic E-state index is 0.398. The lowest BCUT2D eigenvalue weighted by Crippen LogP contribution is -2.36. The fraction of sp³-hybridized carbons (Fsp3) is 0.636. The molecule has 2 aromatic carbocycles. The van der Waals surface area contributed by atoms with Crippen molar-refractivity contribution in [3.05, 3.63) is 59.2 Å². The molecular weight excluding hydrogens is 473 g/mol. The molecule has 4 heteroatoms. The van der Waals surface area contributed by atoms with Gasteiger partial charge in [-0.1, -0.05) is 45.0 Å². The lowest BCUT2D eigenvalue weighted by molar-refractivity contribution is 0.222. The first-order valence-electron chi connectivity index (χ1n) is 14.6. The molecule has 1 heterocycles. The first kappa shape index (κ1) is 28.3. The minimum Gasteiger partial charge on any atom is -0.493 e. The Morgan fingerprint density at radius 2 is 1.76 bits per heavy atom. The fourth-order valence-corrected chi connectivity index (χ4v) is 7.33. The molecule has 4 rings (SSSR count). The van der Waals surface area contributed by atoms with Gasteiger partial charge in [0.15, 0.2) is 0 Å². The van der Waals surface area contributed by atoms with Crippen LogP contribution in [0.5, 0.6) is 5.75 Å². The fourth-order valence-electron chi connectivity index (χ4n) is 5.88. The number of piperidine rings is 1. The van der Waals surface area contributed by atoms with Crippen molar-refractivity contribution in [2.75, 3.05) is 44.1 Å². The zero-order chi connectivity index (χ0) is 26.6. The molecule has 1 atom stereocenters. The van der Waals surface area contributed by atoms with Crippen molar-refractivity contribution in [3.8, 4) is 5.75 Å². The summed E-state index contributed by atoms with van der Waals surface area (Å²) in [6, 6.07) is 15.7. The van der Waals surface area contributed by atoms with Crippen LogP contribution in [0.15, 0.2) is 42.5 Å². The summed E-state index contributed by atoms with van der Waals surface area (Å²) in [6.45, 7) is 16.1. The average molecular weight is 524 g/mol. The Balaban J connectivity index is 1.31. The Morgan fingerprint density at radius 1 is 1.03 bits per heavy atom. The normalized spacial score (nSPS) is 18.2. The molecule has 2 fully saturated rings. The van der Waals surface area contributed by atoms with Crippen LogP contribution in [-0.4, -0.2) is 39.2 Å². The van der Waals surface area contributed by atoms with Crippen molar-refractivity contribution in [1.29, 1.82) is 0 Å². The number of benzene rings is 2. The molecule has 3 nitrogen and oxygen atoms in total. The van der Waals surface area contributed by atoms with Crippen molar-refractivity contribution < 1.29 is 9.30 Å². The second-order valence-corrected chi connectivity index (χ2v) is 17.1. The summed E-state index contributed by atoms with van der Waals surface area (Å²) >= 11 is 0. The zero-order valence-electron chi connectivity index (χ0n) is 24.3. The smallest absolute Gasteiger partial charge is 0.119 e. The van der Waals surface area contributed by atoms with E-state index in [0.29, 0.717) is 23.2 Å². The van der Waals surface area contributed by atoms with E-state index in [1.165, 1.54) is 67.3 Å². The lowest BCUT2D eigenvalue weighted by Gasteiger charge is -2.35. The van der Waals surface area contributed by atoms with Gasteiger partial charge in [0.1, 0.15) is 5.75 Å². The molecule has 0 radical (unpaired) electrons. The molecule has 1 saturated carbocycles. The first-order chi connectivity index (χ1) is 17.5. The average Bonchev–Trinajstić information content (AvgIpc) is 3.67. The van der Waals surface area contributed by atoms with Crippen LogP contribution >= 0.6 is 7.14 Å². The van der Waals surface area contributed by atoms with Gasteiger partial charge in [-0.15, -0.1) is 0 Å². The summed E-state index contributed by atoms with van der Waals surface area (Å²) < 4.78 is 18.9. The maximum Gasteiger partial charge on any atom is 0.119 e. The first-order valence-corrected chi connectivity index (χ1v) is 17.4. The summed E-state index contributed by atoms with van der Waals surface area (Å²) in [4.78, 5) is 2.62. The highest BCUT2D eigenvalue weighted by atomic mass is 31.2. The van der Waals surface area contributed by atoms with E-state index >= 15 is 0 Å². The van der Waals surface area contributed by atoms with Crippen LogP contribution in [0.2, 0.25) is 0 Å². The van der Waals surface area contributed by atoms with Crippen LogP contribution in [0.4, 0.5) is 5.69 Å². The van der Waals surface area contributed by atoms with Gasteiger partial charge in [0.05, 0.1) is 13.7 Å². The molecule has 0 bridgehead atoms. The second kappa shape index (κ2) is 12.0. The van der Waals surface area contributed by atoms with Crippen LogP contribution < -0.4 is 9.64 Å². The number of aryl methyl sites for hydroxylation is 2. The molecule has 0 N–H and O–H groups in total. The van der Waals surface area contributed by atoms with Gasteiger partial charge in [0.2, 0.25) is 0 Å². The van der Waals surface area contributed by atoms with Gasteiger partial charge < -0.3 is 14.2 Å². The Hall–Kier alpha value is -1.73. The highest BCUT2D eigenvalue weighted by molar-refractivity contribution is 7.62. The molecule has 204 valence electrons. The van der Waals surface area contributed by atoms with Crippen molar-refractivity contribution in [3.63, 3.8) is 0 Å². The third-order valence-electron chi connectivity index (χ3n) is 8.17. The standard InChI is InChI=1S/C33H50NO2P/c1-25-12-13-28(10-8-18-33(2,3)4)32(21-25)34-19-16-26(17-20-34)23-36-30-11-7-9-29(22-30)31(27-14-15-27)24-37(5,6)35/h7,9,11-13,21-22,26-27,31H,8,10,14-20,23-24H2,1-6H3/t31-/m0/s1. The Morgan fingerprint density at radius 3 is 2.41 bits per heavy atom. The van der Waals surface area contributed by atoms with Gasteiger partial charge in [-0.3, -0.25) is 0 Å². The number of rotatable bonds is 11. The minimum atomic E-state index is -2.05. The number of anilines is 1. The van der Waals surface area contributed by atoms with Gasteiger partial charge in [0.25, 0.3) is 0 Å². The van der Waals surface area contributed by atoms with E-state index in [1.807, 2.05) is 13.3 Å². The highest BCUT2D eigenvalue weighted by Crippen LogP contribution is 2.51. The Kier molecular flexibility index (Phi) is 9.16. The molecule has 0 aromatic heterocycles.